The van der Waals surface area contributed by atoms with Crippen LogP contribution in [0.2, 0.25) is 0 Å². The molecule has 0 radical (unpaired) electrons. The zero-order chi connectivity index (χ0) is 12.8. The molecule has 0 aliphatic carbocycles. The number of hydrogen-bond donors (Lipinski definition) is 1. The molecule has 1 heterocycles. The van der Waals surface area contributed by atoms with Gasteiger partial charge in [0.15, 0.2) is 0 Å². The summed E-state index contributed by atoms with van der Waals surface area (Å²) in [7, 11) is 3.31. The largest absolute Gasteiger partial charge is 0.497 e. The highest BCUT2D eigenvalue weighted by Crippen LogP contribution is 2.24. The molecule has 0 atom stereocenters. The number of aromatic nitrogens is 3. The molecule has 1 aromatic carbocycles. The van der Waals surface area contributed by atoms with Crippen molar-refractivity contribution in [3.63, 3.8) is 0 Å². The molecule has 0 bridgehead atoms. The van der Waals surface area contributed by atoms with Crippen LogP contribution in [0.5, 0.6) is 11.5 Å². The molecule has 0 unspecified atom stereocenters. The minimum absolute atomic E-state index is 0.719. The van der Waals surface area contributed by atoms with Gasteiger partial charge in [0.1, 0.15) is 11.5 Å². The van der Waals surface area contributed by atoms with Crippen LogP contribution in [0.1, 0.15) is 5.56 Å². The number of rotatable bonds is 6. The van der Waals surface area contributed by atoms with Crippen molar-refractivity contribution in [2.24, 2.45) is 0 Å². The molecule has 0 fully saturated rings. The van der Waals surface area contributed by atoms with Crippen LogP contribution in [-0.4, -0.2) is 35.6 Å². The van der Waals surface area contributed by atoms with Gasteiger partial charge in [0, 0.05) is 18.1 Å². The van der Waals surface area contributed by atoms with Crippen molar-refractivity contribution < 1.29 is 9.47 Å². The Bertz CT molecular complexity index is 490. The maximum Gasteiger partial charge on any atom is 0.225 e. The monoisotopic (exact) mass is 266 g/mol. The zero-order valence-corrected chi connectivity index (χ0v) is 11.0. The van der Waals surface area contributed by atoms with Crippen molar-refractivity contribution in [2.45, 2.75) is 6.42 Å². The molecule has 0 spiro atoms. The van der Waals surface area contributed by atoms with E-state index in [0.29, 0.717) is 0 Å². The van der Waals surface area contributed by atoms with Crippen molar-refractivity contribution in [1.29, 1.82) is 0 Å². The molecule has 96 valence electrons. The molecule has 0 amide bonds. The van der Waals surface area contributed by atoms with E-state index in [1.165, 1.54) is 11.5 Å². The molecular formula is C11H14N4O2S. The predicted octanol–water partition coefficient (Wildman–Crippen LogP) is 1.60. The van der Waals surface area contributed by atoms with E-state index in [4.69, 9.17) is 9.47 Å². The SMILES string of the molecule is COc1ccc(OC)c(CCNc2nnns2)c1. The lowest BCUT2D eigenvalue weighted by Gasteiger charge is -2.10. The van der Waals surface area contributed by atoms with Crippen molar-refractivity contribution in [3.8, 4) is 11.5 Å². The Morgan fingerprint density at radius 1 is 1.28 bits per heavy atom. The molecule has 0 saturated carbocycles. The molecule has 0 aliphatic heterocycles. The summed E-state index contributed by atoms with van der Waals surface area (Å²) in [6.45, 7) is 0.737. The second-order valence-corrected chi connectivity index (χ2v) is 4.25. The molecule has 2 aromatic rings. The van der Waals surface area contributed by atoms with Gasteiger partial charge in [-0.25, -0.2) is 0 Å². The highest BCUT2D eigenvalue weighted by Gasteiger charge is 2.05. The Balaban J connectivity index is 1.98. The summed E-state index contributed by atoms with van der Waals surface area (Å²) in [6, 6.07) is 5.75. The fourth-order valence-corrected chi connectivity index (χ4v) is 1.97. The van der Waals surface area contributed by atoms with Gasteiger partial charge in [-0.1, -0.05) is 9.59 Å². The van der Waals surface area contributed by atoms with Crippen LogP contribution < -0.4 is 14.8 Å². The van der Waals surface area contributed by atoms with Crippen LogP contribution in [-0.2, 0) is 6.42 Å². The lowest BCUT2D eigenvalue weighted by atomic mass is 10.1. The molecule has 0 aliphatic rings. The number of hydrogen-bond acceptors (Lipinski definition) is 7. The van der Waals surface area contributed by atoms with E-state index >= 15 is 0 Å². The molecule has 0 saturated heterocycles. The van der Waals surface area contributed by atoms with E-state index in [1.54, 1.807) is 14.2 Å². The van der Waals surface area contributed by atoms with E-state index in [1.807, 2.05) is 18.2 Å². The third-order valence-electron chi connectivity index (χ3n) is 2.46. The summed E-state index contributed by atoms with van der Waals surface area (Å²) in [6.07, 6.45) is 0.806. The van der Waals surface area contributed by atoms with Crippen LogP contribution in [0.3, 0.4) is 0 Å². The summed E-state index contributed by atoms with van der Waals surface area (Å²) < 4.78 is 14.2. The summed E-state index contributed by atoms with van der Waals surface area (Å²) >= 11 is 1.24. The van der Waals surface area contributed by atoms with Gasteiger partial charge in [-0.15, -0.1) is 0 Å². The molecule has 1 N–H and O–H groups in total. The van der Waals surface area contributed by atoms with Crippen LogP contribution >= 0.6 is 11.5 Å². The van der Waals surface area contributed by atoms with Gasteiger partial charge in [0.05, 0.1) is 14.2 Å². The number of benzene rings is 1. The van der Waals surface area contributed by atoms with Crippen LogP contribution in [0.15, 0.2) is 18.2 Å². The Labute approximate surface area is 109 Å². The Morgan fingerprint density at radius 2 is 2.17 bits per heavy atom. The smallest absolute Gasteiger partial charge is 0.225 e. The average molecular weight is 266 g/mol. The maximum absolute atomic E-state index is 5.31. The van der Waals surface area contributed by atoms with Crippen molar-refractivity contribution in [2.75, 3.05) is 26.1 Å². The molecule has 7 heteroatoms. The third-order valence-corrected chi connectivity index (χ3v) is 3.01. The number of nitrogens with zero attached hydrogens (tertiary/aromatic N) is 3. The summed E-state index contributed by atoms with van der Waals surface area (Å²) in [4.78, 5) is 0. The number of methoxy groups -OCH3 is 2. The second kappa shape index (κ2) is 6.15. The van der Waals surface area contributed by atoms with E-state index in [0.717, 1.165) is 35.2 Å². The molecule has 18 heavy (non-hydrogen) atoms. The molecule has 6 nitrogen and oxygen atoms in total. The lowest BCUT2D eigenvalue weighted by Crippen LogP contribution is -2.06. The lowest BCUT2D eigenvalue weighted by molar-refractivity contribution is 0.399. The van der Waals surface area contributed by atoms with Crippen molar-refractivity contribution in [1.82, 2.24) is 14.8 Å². The fraction of sp³-hybridized carbons (Fsp3) is 0.364. The first kappa shape index (κ1) is 12.6. The maximum atomic E-state index is 5.31. The van der Waals surface area contributed by atoms with Crippen LogP contribution in [0.25, 0.3) is 0 Å². The van der Waals surface area contributed by atoms with Crippen molar-refractivity contribution in [3.05, 3.63) is 23.8 Å². The van der Waals surface area contributed by atoms with E-state index in [2.05, 4.69) is 20.1 Å². The molecular weight excluding hydrogens is 252 g/mol. The average Bonchev–Trinajstić information content (AvgIpc) is 2.92. The molecule has 2 rings (SSSR count). The summed E-state index contributed by atoms with van der Waals surface area (Å²) in [5.41, 5.74) is 1.09. The summed E-state index contributed by atoms with van der Waals surface area (Å²) in [5, 5.41) is 11.2. The first-order chi connectivity index (χ1) is 8.83. The van der Waals surface area contributed by atoms with Gasteiger partial charge in [-0.2, -0.15) is 0 Å². The second-order valence-electron chi connectivity index (χ2n) is 3.52. The Hall–Kier alpha value is -1.89. The molecule has 1 aromatic heterocycles. The third kappa shape index (κ3) is 3.07. The van der Waals surface area contributed by atoms with Gasteiger partial charge in [-0.05, 0) is 35.4 Å². The highest BCUT2D eigenvalue weighted by atomic mass is 32.1. The normalized spacial score (nSPS) is 10.1. The van der Waals surface area contributed by atoms with E-state index in [9.17, 15) is 0 Å². The fourth-order valence-electron chi connectivity index (χ4n) is 1.58. The number of ether oxygens (including phenoxy) is 2. The van der Waals surface area contributed by atoms with Gasteiger partial charge < -0.3 is 14.8 Å². The van der Waals surface area contributed by atoms with Crippen LogP contribution in [0.4, 0.5) is 5.13 Å². The predicted molar refractivity (Wildman–Crippen MR) is 69.4 cm³/mol. The zero-order valence-electron chi connectivity index (χ0n) is 10.2. The van der Waals surface area contributed by atoms with Gasteiger partial charge in [0.2, 0.25) is 5.13 Å². The topological polar surface area (TPSA) is 69.2 Å². The van der Waals surface area contributed by atoms with Gasteiger partial charge in [0.25, 0.3) is 0 Å². The van der Waals surface area contributed by atoms with Gasteiger partial charge >= 0.3 is 0 Å². The van der Waals surface area contributed by atoms with E-state index < -0.39 is 0 Å². The standard InChI is InChI=1S/C11H14N4O2S/c1-16-9-3-4-10(17-2)8(7-9)5-6-12-11-13-14-15-18-11/h3-4,7H,5-6H2,1-2H3,(H,12,13,15). The minimum Gasteiger partial charge on any atom is -0.497 e. The summed E-state index contributed by atoms with van der Waals surface area (Å²) in [5.74, 6) is 1.68. The quantitative estimate of drug-likeness (QED) is 0.856. The first-order valence-corrected chi connectivity index (χ1v) is 6.20. The Kier molecular flexibility index (Phi) is 4.30. The number of nitrogens with one attached hydrogen (secondary N) is 1. The number of anilines is 1. The highest BCUT2D eigenvalue weighted by molar-refractivity contribution is 7.09. The van der Waals surface area contributed by atoms with Crippen molar-refractivity contribution >= 4 is 16.7 Å². The first-order valence-electron chi connectivity index (χ1n) is 5.43. The van der Waals surface area contributed by atoms with Crippen LogP contribution in [0, 0.1) is 0 Å². The Morgan fingerprint density at radius 3 is 2.83 bits per heavy atom. The van der Waals surface area contributed by atoms with E-state index in [-0.39, 0.29) is 0 Å². The minimum atomic E-state index is 0.719. The van der Waals surface area contributed by atoms with Gasteiger partial charge in [-0.3, -0.25) is 0 Å².